The summed E-state index contributed by atoms with van der Waals surface area (Å²) in [5.74, 6) is -20.9. The molecule has 0 fully saturated rings. The fraction of sp³-hybridized carbons (Fsp3) is 0.492. The molecule has 1 heterocycles. The SMILES string of the molecule is CC(NC(=O)C(CC(=O)O)NC(=O)C(CO)NC(=O)C(N)Cc1cnc[nH]1)C(=O)NC(C(=O)NC(Cc1ccccc1)C(=O)NC(C(=O)NC(CC(=O)O)C(=O)NC(CC(N)=O)C(=O)NC(Cc1ccc(O)cc1)C(=O)NC(C(=O)NC(CCCN=C(N)N)C(=O)O)C(C)O)C(C)O)C(C)C. The molecule has 2 aromatic carbocycles. The van der Waals surface area contributed by atoms with Crippen molar-refractivity contribution < 1.29 is 108 Å². The number of phenolic OH excluding ortho intramolecular Hbond substituents is 1. The number of primary amides is 1. The number of guanidine groups is 1. The lowest BCUT2D eigenvalue weighted by Crippen LogP contribution is -2.63. The average Bonchev–Trinajstić information content (AvgIpc) is 1.29. The third-order valence-electron chi connectivity index (χ3n) is 14.8. The number of amides is 12. The Kier molecular flexibility index (Phi) is 34.1. The third-order valence-corrected chi connectivity index (χ3v) is 14.8. The molecule has 0 saturated carbocycles. The second-order valence-corrected chi connectivity index (χ2v) is 23.6. The maximum absolute atomic E-state index is 14.4. The van der Waals surface area contributed by atoms with Gasteiger partial charge in [-0.2, -0.15) is 0 Å². The van der Waals surface area contributed by atoms with E-state index in [0.717, 1.165) is 20.8 Å². The molecule has 554 valence electrons. The Morgan fingerprint density at radius 3 is 1.35 bits per heavy atom. The molecule has 27 N–H and O–H groups in total. The second kappa shape index (κ2) is 41.1. The number of aliphatic hydroxyl groups is 3. The van der Waals surface area contributed by atoms with Gasteiger partial charge in [0.05, 0.1) is 50.4 Å². The lowest BCUT2D eigenvalue weighted by atomic mass is 10.00. The van der Waals surface area contributed by atoms with Crippen LogP contribution in [-0.2, 0) is 91.2 Å². The number of aromatic hydroxyl groups is 1. The van der Waals surface area contributed by atoms with Crippen molar-refractivity contribution in [2.24, 2.45) is 33.8 Å². The van der Waals surface area contributed by atoms with Crippen LogP contribution in [0.15, 0.2) is 72.1 Å². The second-order valence-electron chi connectivity index (χ2n) is 23.6. The molecule has 0 aliphatic rings. The third kappa shape index (κ3) is 29.3. The number of hydrogen-bond acceptors (Lipinski definition) is 22. The average molecular weight is 1430 g/mol. The van der Waals surface area contributed by atoms with Gasteiger partial charge in [-0.15, -0.1) is 0 Å². The number of aromatic nitrogens is 2. The monoisotopic (exact) mass is 1420 g/mol. The predicted octanol–water partition coefficient (Wildman–Crippen LogP) is -8.80. The van der Waals surface area contributed by atoms with Gasteiger partial charge in [0.15, 0.2) is 5.96 Å². The molecule has 0 aliphatic carbocycles. The maximum Gasteiger partial charge on any atom is 0.326 e. The minimum atomic E-state index is -2.23. The minimum Gasteiger partial charge on any atom is -0.508 e. The number of aliphatic carboxylic acids is 3. The van der Waals surface area contributed by atoms with Crippen LogP contribution in [0.3, 0.4) is 0 Å². The molecule has 3 aromatic rings. The van der Waals surface area contributed by atoms with E-state index < -0.39 is 212 Å². The summed E-state index contributed by atoms with van der Waals surface area (Å²) in [4.78, 5) is 211. The molecule has 40 heteroatoms. The van der Waals surface area contributed by atoms with Crippen molar-refractivity contribution in [1.29, 1.82) is 0 Å². The lowest BCUT2D eigenvalue weighted by Gasteiger charge is -2.29. The molecule has 40 nitrogen and oxygen atoms in total. The number of H-pyrrole nitrogens is 1. The van der Waals surface area contributed by atoms with E-state index in [-0.39, 0.29) is 49.5 Å². The van der Waals surface area contributed by atoms with Crippen LogP contribution in [-0.4, -0.2) is 238 Å². The number of nitrogens with one attached hydrogen (secondary N) is 12. The summed E-state index contributed by atoms with van der Waals surface area (Å²) in [5, 5.41) is 95.4. The van der Waals surface area contributed by atoms with Gasteiger partial charge in [-0.1, -0.05) is 56.3 Å². The number of nitrogens with zero attached hydrogens (tertiary/aromatic N) is 2. The topological polar surface area (TPSA) is 675 Å². The molecule has 0 bridgehead atoms. The summed E-state index contributed by atoms with van der Waals surface area (Å²) >= 11 is 0. The van der Waals surface area contributed by atoms with Gasteiger partial charge in [-0.3, -0.25) is 72.1 Å². The van der Waals surface area contributed by atoms with Gasteiger partial charge < -0.3 is 122 Å². The number of carbonyl (C=O) groups is 15. The molecule has 14 unspecified atom stereocenters. The van der Waals surface area contributed by atoms with Crippen LogP contribution in [0.4, 0.5) is 0 Å². The molecule has 0 saturated heterocycles. The Balaban J connectivity index is 1.87. The Bertz CT molecular complexity index is 3410. The Hall–Kier alpha value is -11.4. The predicted molar refractivity (Wildman–Crippen MR) is 350 cm³/mol. The summed E-state index contributed by atoms with van der Waals surface area (Å²) in [6.45, 7) is 5.08. The van der Waals surface area contributed by atoms with Crippen LogP contribution in [0.2, 0.25) is 0 Å². The first kappa shape index (κ1) is 83.8. The highest BCUT2D eigenvalue weighted by Gasteiger charge is 2.39. The quantitative estimate of drug-likeness (QED) is 0.0142. The zero-order valence-electron chi connectivity index (χ0n) is 55.5. The van der Waals surface area contributed by atoms with Gasteiger partial charge >= 0.3 is 17.9 Å². The summed E-state index contributed by atoms with van der Waals surface area (Å²) in [6.07, 6.45) is -5.41. The summed E-state index contributed by atoms with van der Waals surface area (Å²) in [5.41, 5.74) is 23.1. The highest BCUT2D eigenvalue weighted by molar-refractivity contribution is 6.01. The summed E-state index contributed by atoms with van der Waals surface area (Å²) in [6, 6.07) is -8.62. The molecule has 101 heavy (non-hydrogen) atoms. The van der Waals surface area contributed by atoms with Crippen molar-refractivity contribution >= 4 is 94.8 Å². The van der Waals surface area contributed by atoms with Crippen LogP contribution in [0.1, 0.15) is 83.5 Å². The smallest absolute Gasteiger partial charge is 0.326 e. The van der Waals surface area contributed by atoms with Crippen LogP contribution in [0, 0.1) is 5.92 Å². The van der Waals surface area contributed by atoms with Crippen molar-refractivity contribution in [3.63, 3.8) is 0 Å². The highest BCUT2D eigenvalue weighted by Crippen LogP contribution is 2.14. The van der Waals surface area contributed by atoms with E-state index in [2.05, 4.69) is 73.4 Å². The lowest BCUT2D eigenvalue weighted by molar-refractivity contribution is -0.143. The minimum absolute atomic E-state index is 0.0243. The van der Waals surface area contributed by atoms with Crippen LogP contribution in [0.5, 0.6) is 5.75 Å². The van der Waals surface area contributed by atoms with E-state index >= 15 is 0 Å². The van der Waals surface area contributed by atoms with E-state index in [1.165, 1.54) is 50.6 Å². The molecule has 3 rings (SSSR count). The molecule has 1 aromatic heterocycles. The maximum atomic E-state index is 14.4. The summed E-state index contributed by atoms with van der Waals surface area (Å²) < 4.78 is 0. The largest absolute Gasteiger partial charge is 0.508 e. The molecule has 0 radical (unpaired) electrons. The van der Waals surface area contributed by atoms with E-state index in [4.69, 9.17) is 22.9 Å². The van der Waals surface area contributed by atoms with E-state index in [9.17, 15) is 108 Å². The first-order valence-corrected chi connectivity index (χ1v) is 31.3. The zero-order valence-corrected chi connectivity index (χ0v) is 55.5. The van der Waals surface area contributed by atoms with Gasteiger partial charge in [0, 0.05) is 37.7 Å². The van der Waals surface area contributed by atoms with Crippen molar-refractivity contribution in [1.82, 2.24) is 68.5 Å². The van der Waals surface area contributed by atoms with Crippen molar-refractivity contribution in [2.75, 3.05) is 13.2 Å². The van der Waals surface area contributed by atoms with Crippen LogP contribution in [0.25, 0.3) is 0 Å². The molecular weight excluding hydrogens is 1340 g/mol. The van der Waals surface area contributed by atoms with E-state index in [1.54, 1.807) is 30.3 Å². The van der Waals surface area contributed by atoms with Gasteiger partial charge in [-0.05, 0) is 62.8 Å². The van der Waals surface area contributed by atoms with Crippen molar-refractivity contribution in [3.8, 4) is 5.75 Å². The zero-order chi connectivity index (χ0) is 76.0. The van der Waals surface area contributed by atoms with Crippen molar-refractivity contribution in [2.45, 2.75) is 171 Å². The Morgan fingerprint density at radius 2 is 0.901 bits per heavy atom. The first-order chi connectivity index (χ1) is 47.4. The van der Waals surface area contributed by atoms with Gasteiger partial charge in [0.2, 0.25) is 70.9 Å². The fourth-order valence-corrected chi connectivity index (χ4v) is 9.39. The van der Waals surface area contributed by atoms with Crippen LogP contribution >= 0.6 is 0 Å². The first-order valence-electron chi connectivity index (χ1n) is 31.3. The fourth-order valence-electron chi connectivity index (χ4n) is 9.39. The Morgan fingerprint density at radius 1 is 0.485 bits per heavy atom. The molecule has 0 aliphatic heterocycles. The van der Waals surface area contributed by atoms with Crippen molar-refractivity contribution in [3.05, 3.63) is 83.9 Å². The molecule has 14 atom stereocenters. The standard InChI is InChI=1S/C61H88N18O22/c1-27(2)46(77-49(89)28(3)69-51(91)40(22-44(85)86)73-56(96)42(25-80)76-50(90)35(62)20-33-24-66-26-68-33)57(97)74-38(18-31-10-7-6-8-11-31)55(95)79-48(30(5)82)59(99)75-41(23-45(87)88)53(93)72-39(21-43(63)84)52(92)71-37(19-32-13-15-34(83)16-14-32)54(94)78-47(29(4)81)58(98)70-36(60(100)101)12-9-17-67-61(64)65/h6-8,10-11,13-16,24,26-30,35-42,46-48,80-83H,9,12,17-23,25,62H2,1-5H3,(H2,63,84)(H,66,68)(H,69,91)(H,70,98)(H,71,92)(H,72,93)(H,73,96)(H,74,97)(H,75,99)(H,76,90)(H,77,89)(H,78,94)(H,79,95)(H,85,86)(H,87,88)(H,100,101)(H4,64,65,67). The molecule has 0 spiro atoms. The van der Waals surface area contributed by atoms with Gasteiger partial charge in [0.1, 0.15) is 72.2 Å². The Labute approximate surface area is 576 Å². The molecule has 12 amide bonds. The highest BCUT2D eigenvalue weighted by atomic mass is 16.4. The number of imidazole rings is 1. The van der Waals surface area contributed by atoms with E-state index in [1.807, 2.05) is 0 Å². The summed E-state index contributed by atoms with van der Waals surface area (Å²) in [7, 11) is 0. The number of phenols is 1. The number of hydrogen-bond donors (Lipinski definition) is 23. The number of aromatic amines is 1. The number of aliphatic hydroxyl groups excluding tert-OH is 3. The number of carbonyl (C=O) groups excluding carboxylic acids is 12. The molecular formula is C61H88N18O22. The number of carboxylic acid groups (broad SMARTS) is 3. The van der Waals surface area contributed by atoms with Gasteiger partial charge in [0.25, 0.3) is 0 Å². The number of carboxylic acids is 3. The van der Waals surface area contributed by atoms with E-state index in [0.29, 0.717) is 11.3 Å². The number of benzene rings is 2. The normalized spacial score (nSPS) is 15.2. The number of aliphatic imine (C=N–C) groups is 1. The van der Waals surface area contributed by atoms with Gasteiger partial charge in [-0.25, -0.2) is 9.78 Å². The number of rotatable bonds is 43. The van der Waals surface area contributed by atoms with Crippen LogP contribution < -0.4 is 81.4 Å². The number of nitrogens with two attached hydrogens (primary N) is 4.